The van der Waals surface area contributed by atoms with Crippen molar-refractivity contribution in [3.05, 3.63) is 42.7 Å². The summed E-state index contributed by atoms with van der Waals surface area (Å²) >= 11 is 0. The molecule has 8 heteroatoms. The number of carbonyl (C=O) groups is 2. The molecule has 1 aromatic heterocycles. The van der Waals surface area contributed by atoms with Gasteiger partial charge < -0.3 is 16.4 Å². The summed E-state index contributed by atoms with van der Waals surface area (Å²) in [7, 11) is 0. The fraction of sp³-hybridized carbons (Fsp3) is 0.312. The Labute approximate surface area is 146 Å². The molecule has 1 aliphatic rings. The first-order valence-electron chi connectivity index (χ1n) is 7.48. The number of amides is 2. The van der Waals surface area contributed by atoms with E-state index in [0.717, 1.165) is 0 Å². The van der Waals surface area contributed by atoms with Gasteiger partial charge in [-0.15, -0.1) is 12.4 Å². The Morgan fingerprint density at radius 1 is 1.25 bits per heavy atom. The Morgan fingerprint density at radius 3 is 2.50 bits per heavy atom. The van der Waals surface area contributed by atoms with Crippen LogP contribution in [0.2, 0.25) is 0 Å². The third kappa shape index (κ3) is 3.93. The van der Waals surface area contributed by atoms with E-state index in [4.69, 9.17) is 5.73 Å². The molecule has 1 unspecified atom stereocenters. The highest BCUT2D eigenvalue weighted by Gasteiger charge is 2.45. The molecule has 1 aliphatic carbocycles. The monoisotopic (exact) mass is 349 g/mol. The summed E-state index contributed by atoms with van der Waals surface area (Å²) in [4.78, 5) is 24.2. The minimum atomic E-state index is -0.728. The Balaban J connectivity index is 0.00000208. The number of nitrogens with zero attached hydrogens (tertiary/aromatic N) is 2. The number of aromatic nitrogens is 2. The molecule has 24 heavy (non-hydrogen) atoms. The summed E-state index contributed by atoms with van der Waals surface area (Å²) in [6.45, 7) is 1.76. The average Bonchev–Trinajstić information content (AvgIpc) is 3.07. The Hall–Kier alpha value is -2.38. The molecule has 1 aromatic carbocycles. The minimum Gasteiger partial charge on any atom is -0.324 e. The molecule has 3 rings (SSSR count). The lowest BCUT2D eigenvalue weighted by Gasteiger charge is -2.14. The molecule has 4 N–H and O–H groups in total. The van der Waals surface area contributed by atoms with Crippen LogP contribution in [0.25, 0.3) is 0 Å². The molecule has 0 radical (unpaired) electrons. The molecule has 0 aliphatic heterocycles. The van der Waals surface area contributed by atoms with E-state index in [1.54, 1.807) is 54.3 Å². The smallest absolute Gasteiger partial charge is 0.248 e. The van der Waals surface area contributed by atoms with Crippen LogP contribution in [0.1, 0.15) is 25.8 Å². The van der Waals surface area contributed by atoms with Crippen LogP contribution in [0.5, 0.6) is 0 Å². The zero-order valence-corrected chi connectivity index (χ0v) is 14.0. The zero-order valence-electron chi connectivity index (χ0n) is 13.2. The van der Waals surface area contributed by atoms with Crippen molar-refractivity contribution in [1.82, 2.24) is 9.78 Å². The van der Waals surface area contributed by atoms with Gasteiger partial charge in [0.2, 0.25) is 11.8 Å². The molecular formula is C16H20ClN5O2. The number of rotatable bonds is 5. The largest absolute Gasteiger partial charge is 0.324 e. The molecular weight excluding hydrogens is 330 g/mol. The number of hydrogen-bond acceptors (Lipinski definition) is 4. The molecule has 0 bridgehead atoms. The first kappa shape index (κ1) is 18.0. The van der Waals surface area contributed by atoms with Gasteiger partial charge in [0.1, 0.15) is 6.04 Å². The van der Waals surface area contributed by atoms with E-state index in [9.17, 15) is 9.59 Å². The first-order valence-corrected chi connectivity index (χ1v) is 7.48. The molecule has 128 valence electrons. The second-order valence-corrected chi connectivity index (χ2v) is 5.84. The maximum atomic E-state index is 12.2. The lowest BCUT2D eigenvalue weighted by atomic mass is 10.2. The quantitative estimate of drug-likeness (QED) is 0.767. The SMILES string of the molecule is CC(C(=O)Nc1cccc(NC(=O)C2(N)CC2)c1)n1cccn1.Cl. The van der Waals surface area contributed by atoms with Crippen LogP contribution in [0.3, 0.4) is 0 Å². The van der Waals surface area contributed by atoms with Gasteiger partial charge in [0.05, 0.1) is 5.54 Å². The van der Waals surface area contributed by atoms with Gasteiger partial charge in [-0.05, 0) is 44.0 Å². The van der Waals surface area contributed by atoms with Crippen LogP contribution in [0, 0.1) is 0 Å². The number of anilines is 2. The van der Waals surface area contributed by atoms with Crippen molar-refractivity contribution in [2.45, 2.75) is 31.3 Å². The van der Waals surface area contributed by atoms with E-state index in [1.165, 1.54) is 0 Å². The Kier molecular flexibility index (Phi) is 5.26. The Morgan fingerprint density at radius 2 is 1.92 bits per heavy atom. The number of nitrogens with one attached hydrogen (secondary N) is 2. The third-order valence-corrected chi connectivity index (χ3v) is 3.93. The summed E-state index contributed by atoms with van der Waals surface area (Å²) in [6.07, 6.45) is 4.77. The summed E-state index contributed by atoms with van der Waals surface area (Å²) in [5, 5.41) is 9.65. The molecule has 2 aromatic rings. The highest BCUT2D eigenvalue weighted by molar-refractivity contribution is 6.01. The van der Waals surface area contributed by atoms with Gasteiger partial charge in [0.15, 0.2) is 0 Å². The fourth-order valence-corrected chi connectivity index (χ4v) is 2.17. The van der Waals surface area contributed by atoms with Crippen LogP contribution >= 0.6 is 12.4 Å². The van der Waals surface area contributed by atoms with Crippen molar-refractivity contribution in [2.75, 3.05) is 10.6 Å². The van der Waals surface area contributed by atoms with Crippen molar-refractivity contribution >= 4 is 35.6 Å². The van der Waals surface area contributed by atoms with Crippen molar-refractivity contribution in [3.8, 4) is 0 Å². The van der Waals surface area contributed by atoms with E-state index in [1.807, 2.05) is 0 Å². The summed E-state index contributed by atoms with van der Waals surface area (Å²) in [5.41, 5.74) is 6.34. The standard InChI is InChI=1S/C16H19N5O2.ClH/c1-11(21-9-3-8-18-21)14(22)19-12-4-2-5-13(10-12)20-15(23)16(17)6-7-16;/h2-5,8-11H,6-7,17H2,1H3,(H,19,22)(H,20,23);1H. The van der Waals surface area contributed by atoms with E-state index in [2.05, 4.69) is 15.7 Å². The molecule has 7 nitrogen and oxygen atoms in total. The maximum Gasteiger partial charge on any atom is 0.248 e. The second-order valence-electron chi connectivity index (χ2n) is 5.84. The number of halogens is 1. The normalized spacial score (nSPS) is 15.8. The van der Waals surface area contributed by atoms with Crippen LogP contribution in [0.15, 0.2) is 42.7 Å². The highest BCUT2D eigenvalue weighted by Crippen LogP contribution is 2.33. The topological polar surface area (TPSA) is 102 Å². The molecule has 1 heterocycles. The van der Waals surface area contributed by atoms with Crippen molar-refractivity contribution in [2.24, 2.45) is 5.73 Å². The van der Waals surface area contributed by atoms with Crippen molar-refractivity contribution < 1.29 is 9.59 Å². The molecule has 2 amide bonds. The average molecular weight is 350 g/mol. The summed E-state index contributed by atoms with van der Waals surface area (Å²) < 4.78 is 1.58. The lowest BCUT2D eigenvalue weighted by molar-refractivity contribution is -0.119. The summed E-state index contributed by atoms with van der Waals surface area (Å²) in [6, 6.07) is 8.33. The minimum absolute atomic E-state index is 0. The third-order valence-electron chi connectivity index (χ3n) is 3.93. The van der Waals surface area contributed by atoms with Crippen LogP contribution in [-0.4, -0.2) is 27.1 Å². The first-order chi connectivity index (χ1) is 11.0. The Bertz CT molecular complexity index is 728. The summed E-state index contributed by atoms with van der Waals surface area (Å²) in [5.74, 6) is -0.374. The molecule has 1 saturated carbocycles. The van der Waals surface area contributed by atoms with Crippen molar-refractivity contribution in [1.29, 1.82) is 0 Å². The van der Waals surface area contributed by atoms with E-state index in [0.29, 0.717) is 24.2 Å². The number of hydrogen-bond donors (Lipinski definition) is 3. The van der Waals surface area contributed by atoms with E-state index >= 15 is 0 Å². The van der Waals surface area contributed by atoms with E-state index in [-0.39, 0.29) is 24.2 Å². The molecule has 1 atom stereocenters. The molecule has 0 spiro atoms. The number of nitrogens with two attached hydrogens (primary N) is 1. The lowest BCUT2D eigenvalue weighted by Crippen LogP contribution is -2.37. The van der Waals surface area contributed by atoms with Gasteiger partial charge >= 0.3 is 0 Å². The number of benzene rings is 1. The van der Waals surface area contributed by atoms with Crippen LogP contribution in [0.4, 0.5) is 11.4 Å². The zero-order chi connectivity index (χ0) is 16.4. The predicted molar refractivity (Wildman–Crippen MR) is 94.0 cm³/mol. The predicted octanol–water partition coefficient (Wildman–Crippen LogP) is 1.93. The van der Waals surface area contributed by atoms with Crippen molar-refractivity contribution in [3.63, 3.8) is 0 Å². The van der Waals surface area contributed by atoms with Gasteiger partial charge in [-0.3, -0.25) is 14.3 Å². The van der Waals surface area contributed by atoms with E-state index < -0.39 is 11.6 Å². The molecule has 1 fully saturated rings. The maximum absolute atomic E-state index is 12.2. The fourth-order valence-electron chi connectivity index (χ4n) is 2.17. The highest BCUT2D eigenvalue weighted by atomic mass is 35.5. The van der Waals surface area contributed by atoms with Crippen LogP contribution < -0.4 is 16.4 Å². The van der Waals surface area contributed by atoms with Crippen LogP contribution in [-0.2, 0) is 9.59 Å². The molecule has 0 saturated heterocycles. The number of carbonyl (C=O) groups excluding carboxylic acids is 2. The van der Waals surface area contributed by atoms with Gasteiger partial charge in [0.25, 0.3) is 0 Å². The van der Waals surface area contributed by atoms with Gasteiger partial charge in [-0.1, -0.05) is 6.07 Å². The second kappa shape index (κ2) is 7.02. The van der Waals surface area contributed by atoms with Gasteiger partial charge in [0, 0.05) is 23.8 Å². The van der Waals surface area contributed by atoms with Gasteiger partial charge in [-0.2, -0.15) is 5.10 Å². The van der Waals surface area contributed by atoms with Gasteiger partial charge in [-0.25, -0.2) is 0 Å².